The molecule has 1 aromatic heterocycles. The molecule has 3 aromatic rings. The highest BCUT2D eigenvalue weighted by Gasteiger charge is 2.32. The quantitative estimate of drug-likeness (QED) is 0.763. The Balaban J connectivity index is 1.84. The van der Waals surface area contributed by atoms with Gasteiger partial charge in [-0.25, -0.2) is 0 Å². The van der Waals surface area contributed by atoms with Crippen LogP contribution in [0.4, 0.5) is 5.69 Å². The molecule has 6 nitrogen and oxygen atoms in total. The Labute approximate surface area is 157 Å². The highest BCUT2D eigenvalue weighted by Crippen LogP contribution is 2.42. The zero-order valence-corrected chi connectivity index (χ0v) is 15.8. The molecule has 1 atom stereocenters. The Morgan fingerprint density at radius 3 is 2.52 bits per heavy atom. The molecule has 0 unspecified atom stereocenters. The van der Waals surface area contributed by atoms with Gasteiger partial charge in [0.15, 0.2) is 11.5 Å². The first-order valence-electron chi connectivity index (χ1n) is 8.82. The lowest BCUT2D eigenvalue weighted by molar-refractivity contribution is 0.0977. The number of benzene rings is 2. The molecule has 0 spiro atoms. The largest absolute Gasteiger partial charge is 0.496 e. The second kappa shape index (κ2) is 6.54. The fourth-order valence-corrected chi connectivity index (χ4v) is 3.86. The van der Waals surface area contributed by atoms with Crippen molar-refractivity contribution >= 4 is 22.5 Å². The van der Waals surface area contributed by atoms with Crippen molar-refractivity contribution in [1.29, 1.82) is 0 Å². The van der Waals surface area contributed by atoms with Crippen molar-refractivity contribution in [2.75, 3.05) is 26.2 Å². The molecule has 0 saturated carbocycles. The van der Waals surface area contributed by atoms with E-state index < -0.39 is 0 Å². The minimum absolute atomic E-state index is 0.0771. The van der Waals surface area contributed by atoms with Gasteiger partial charge in [0.2, 0.25) is 0 Å². The first-order chi connectivity index (χ1) is 13.1. The number of hydrogen-bond donors (Lipinski definition) is 1. The standard InChI is InChI=1S/C21H22N2O4/c1-12-9-13-7-5-6-8-16(13)23(12)21(24)15-10-14-17(25-2)11-18(26-3)20(27-4)19(14)22-15/h5-8,10-12,22H,9H2,1-4H3/t12-/m1/s1. The minimum atomic E-state index is -0.0771. The van der Waals surface area contributed by atoms with E-state index in [1.54, 1.807) is 27.4 Å². The van der Waals surface area contributed by atoms with Crippen LogP contribution in [0.1, 0.15) is 23.0 Å². The van der Waals surface area contributed by atoms with Gasteiger partial charge < -0.3 is 24.1 Å². The van der Waals surface area contributed by atoms with Crippen molar-refractivity contribution in [2.24, 2.45) is 0 Å². The third-order valence-corrected chi connectivity index (χ3v) is 5.10. The van der Waals surface area contributed by atoms with Gasteiger partial charge in [-0.15, -0.1) is 0 Å². The van der Waals surface area contributed by atoms with Gasteiger partial charge in [0.05, 0.1) is 26.8 Å². The summed E-state index contributed by atoms with van der Waals surface area (Å²) in [6, 6.07) is 11.7. The molecule has 1 N–H and O–H groups in total. The normalized spacial score (nSPS) is 15.7. The van der Waals surface area contributed by atoms with Crippen molar-refractivity contribution in [2.45, 2.75) is 19.4 Å². The van der Waals surface area contributed by atoms with Gasteiger partial charge in [-0.2, -0.15) is 0 Å². The molecule has 0 radical (unpaired) electrons. The summed E-state index contributed by atoms with van der Waals surface area (Å²) in [6.45, 7) is 2.06. The van der Waals surface area contributed by atoms with E-state index in [1.807, 2.05) is 29.2 Å². The lowest BCUT2D eigenvalue weighted by Gasteiger charge is -2.22. The number of rotatable bonds is 4. The van der Waals surface area contributed by atoms with Gasteiger partial charge in [0.1, 0.15) is 11.4 Å². The first kappa shape index (κ1) is 17.3. The minimum Gasteiger partial charge on any atom is -0.496 e. The molecular weight excluding hydrogens is 344 g/mol. The van der Waals surface area contributed by atoms with E-state index in [2.05, 4.69) is 18.0 Å². The van der Waals surface area contributed by atoms with E-state index in [0.29, 0.717) is 28.5 Å². The predicted octanol–water partition coefficient (Wildman–Crippen LogP) is 3.79. The number of nitrogens with one attached hydrogen (secondary N) is 1. The monoisotopic (exact) mass is 366 g/mol. The van der Waals surface area contributed by atoms with Crippen LogP contribution in [0.25, 0.3) is 10.9 Å². The van der Waals surface area contributed by atoms with Crippen molar-refractivity contribution in [3.63, 3.8) is 0 Å². The number of carbonyl (C=O) groups excluding carboxylic acids is 1. The maximum atomic E-state index is 13.3. The summed E-state index contributed by atoms with van der Waals surface area (Å²) in [5.74, 6) is 1.63. The Morgan fingerprint density at radius 2 is 1.81 bits per heavy atom. The fraction of sp³-hybridized carbons (Fsp3) is 0.286. The van der Waals surface area contributed by atoms with Gasteiger partial charge in [-0.05, 0) is 31.0 Å². The lowest BCUT2D eigenvalue weighted by Crippen LogP contribution is -2.35. The number of nitrogens with zero attached hydrogens (tertiary/aromatic N) is 1. The Morgan fingerprint density at radius 1 is 1.07 bits per heavy atom. The van der Waals surface area contributed by atoms with Crippen LogP contribution in [-0.2, 0) is 6.42 Å². The molecule has 6 heteroatoms. The molecule has 2 heterocycles. The van der Waals surface area contributed by atoms with Crippen LogP contribution in [0.2, 0.25) is 0 Å². The van der Waals surface area contributed by atoms with Crippen LogP contribution in [0, 0.1) is 0 Å². The molecule has 1 amide bonds. The van der Waals surface area contributed by atoms with Crippen molar-refractivity contribution in [3.8, 4) is 17.2 Å². The number of hydrogen-bond acceptors (Lipinski definition) is 4. The molecule has 2 aromatic carbocycles. The Bertz CT molecular complexity index is 1020. The summed E-state index contributed by atoms with van der Waals surface area (Å²) < 4.78 is 16.4. The molecule has 0 aliphatic carbocycles. The second-order valence-electron chi connectivity index (χ2n) is 6.64. The predicted molar refractivity (Wildman–Crippen MR) is 104 cm³/mol. The number of aromatic nitrogens is 1. The van der Waals surface area contributed by atoms with E-state index in [-0.39, 0.29) is 11.9 Å². The summed E-state index contributed by atoms with van der Waals surface area (Å²) in [5, 5.41) is 0.777. The lowest BCUT2D eigenvalue weighted by atomic mass is 10.1. The van der Waals surface area contributed by atoms with E-state index in [1.165, 1.54) is 5.56 Å². The van der Waals surface area contributed by atoms with E-state index in [0.717, 1.165) is 17.5 Å². The van der Waals surface area contributed by atoms with Gasteiger partial charge in [-0.1, -0.05) is 18.2 Å². The SMILES string of the molecule is COc1cc(OC)c2cc(C(=O)N3c4ccccc4C[C@H]3C)[nH]c2c1OC. The Hall–Kier alpha value is -3.15. The maximum absolute atomic E-state index is 13.3. The molecule has 27 heavy (non-hydrogen) atoms. The molecule has 0 fully saturated rings. The number of amides is 1. The summed E-state index contributed by atoms with van der Waals surface area (Å²) in [6.07, 6.45) is 0.850. The number of aromatic amines is 1. The fourth-order valence-electron chi connectivity index (χ4n) is 3.86. The van der Waals surface area contributed by atoms with Gasteiger partial charge in [0.25, 0.3) is 5.91 Å². The van der Waals surface area contributed by atoms with E-state index >= 15 is 0 Å². The van der Waals surface area contributed by atoms with Crippen molar-refractivity contribution in [1.82, 2.24) is 4.98 Å². The zero-order valence-electron chi connectivity index (χ0n) is 15.8. The number of para-hydroxylation sites is 1. The molecule has 1 aliphatic rings. The smallest absolute Gasteiger partial charge is 0.274 e. The van der Waals surface area contributed by atoms with Crippen molar-refractivity contribution < 1.29 is 19.0 Å². The number of anilines is 1. The van der Waals surface area contributed by atoms with Gasteiger partial charge in [0, 0.05) is 23.2 Å². The topological polar surface area (TPSA) is 63.8 Å². The third kappa shape index (κ3) is 2.60. The van der Waals surface area contributed by atoms with E-state index in [9.17, 15) is 4.79 Å². The number of methoxy groups -OCH3 is 3. The average molecular weight is 366 g/mol. The van der Waals surface area contributed by atoms with Crippen LogP contribution in [0.5, 0.6) is 17.2 Å². The molecule has 0 saturated heterocycles. The summed E-state index contributed by atoms with van der Waals surface area (Å²) >= 11 is 0. The van der Waals surface area contributed by atoms with Gasteiger partial charge in [-0.3, -0.25) is 4.79 Å². The maximum Gasteiger partial charge on any atom is 0.274 e. The highest BCUT2D eigenvalue weighted by molar-refractivity contribution is 6.10. The average Bonchev–Trinajstić information content (AvgIpc) is 3.26. The highest BCUT2D eigenvalue weighted by atomic mass is 16.5. The number of carbonyl (C=O) groups is 1. The molecule has 1 aliphatic heterocycles. The number of fused-ring (bicyclic) bond motifs is 2. The summed E-state index contributed by atoms with van der Waals surface area (Å²) in [4.78, 5) is 18.4. The van der Waals surface area contributed by atoms with E-state index in [4.69, 9.17) is 14.2 Å². The van der Waals surface area contributed by atoms with Crippen molar-refractivity contribution in [3.05, 3.63) is 47.7 Å². The molecule has 4 rings (SSSR count). The van der Waals surface area contributed by atoms with Crippen LogP contribution in [0.3, 0.4) is 0 Å². The molecule has 140 valence electrons. The van der Waals surface area contributed by atoms with Crippen LogP contribution < -0.4 is 19.1 Å². The number of ether oxygens (including phenoxy) is 3. The third-order valence-electron chi connectivity index (χ3n) is 5.10. The molecule has 0 bridgehead atoms. The Kier molecular flexibility index (Phi) is 4.18. The summed E-state index contributed by atoms with van der Waals surface area (Å²) in [5.41, 5.74) is 3.31. The van der Waals surface area contributed by atoms with Crippen LogP contribution in [0.15, 0.2) is 36.4 Å². The summed E-state index contributed by atoms with van der Waals surface area (Å²) in [7, 11) is 4.74. The van der Waals surface area contributed by atoms with Crippen LogP contribution in [-0.4, -0.2) is 38.3 Å². The second-order valence-corrected chi connectivity index (χ2v) is 6.64. The number of H-pyrrole nitrogens is 1. The first-order valence-corrected chi connectivity index (χ1v) is 8.82. The molecular formula is C21H22N2O4. The zero-order chi connectivity index (χ0) is 19.1. The van der Waals surface area contributed by atoms with Crippen LogP contribution >= 0.6 is 0 Å². The van der Waals surface area contributed by atoms with Gasteiger partial charge >= 0.3 is 0 Å².